The van der Waals surface area contributed by atoms with Crippen LogP contribution >= 0.6 is 23.5 Å². The molecule has 3 heterocycles. The number of aromatic amines is 1. The van der Waals surface area contributed by atoms with Crippen LogP contribution in [0.4, 0.5) is 30.6 Å². The number of morpholine rings is 1. The summed E-state index contributed by atoms with van der Waals surface area (Å²) in [6.07, 6.45) is 0. The minimum Gasteiger partial charge on any atom is -0.490 e. The van der Waals surface area contributed by atoms with Gasteiger partial charge >= 0.3 is 0 Å². The summed E-state index contributed by atoms with van der Waals surface area (Å²) in [6, 6.07) is 10.6. The Balaban J connectivity index is 1.42. The fraction of sp³-hybridized carbons (Fsp3) is 0.296. The van der Waals surface area contributed by atoms with Crippen molar-refractivity contribution in [2.75, 3.05) is 37.1 Å². The summed E-state index contributed by atoms with van der Waals surface area (Å²) in [5.74, 6) is -0.158. The van der Waals surface area contributed by atoms with Gasteiger partial charge in [0.05, 0.1) is 31.3 Å². The predicted molar refractivity (Wildman–Crippen MR) is 149 cm³/mol. The quantitative estimate of drug-likeness (QED) is 0.172. The second-order valence-corrected chi connectivity index (χ2v) is 11.1. The molecule has 5 rings (SSSR count). The highest BCUT2D eigenvalue weighted by atomic mass is 32.2. The van der Waals surface area contributed by atoms with Crippen molar-refractivity contribution in [3.05, 3.63) is 71.2 Å². The molecule has 0 saturated carbocycles. The minimum absolute atomic E-state index is 0.0341. The number of hydrogen-bond donors (Lipinski definition) is 2. The van der Waals surface area contributed by atoms with Crippen LogP contribution in [0.1, 0.15) is 18.2 Å². The largest absolute Gasteiger partial charge is 0.490 e. The SMILES string of the molecule is COc1c(Nc2cc(C)[nH]n2)nc(Sc2ccc(SCc3cccc(F)c3F)cc2F)nc1N1CCOCC1C. The smallest absolute Gasteiger partial charge is 0.204 e. The van der Waals surface area contributed by atoms with Gasteiger partial charge in [0.15, 0.2) is 34.2 Å². The van der Waals surface area contributed by atoms with Crippen LogP contribution in [0.25, 0.3) is 0 Å². The molecular weight excluding hydrogens is 561 g/mol. The Kier molecular flexibility index (Phi) is 8.72. The maximum absolute atomic E-state index is 15.2. The monoisotopic (exact) mass is 588 g/mol. The van der Waals surface area contributed by atoms with Crippen LogP contribution in [-0.2, 0) is 10.5 Å². The van der Waals surface area contributed by atoms with Crippen molar-refractivity contribution in [3.63, 3.8) is 0 Å². The van der Waals surface area contributed by atoms with Crippen molar-refractivity contribution < 1.29 is 22.6 Å². The number of halogens is 3. The summed E-state index contributed by atoms with van der Waals surface area (Å²) in [5.41, 5.74) is 1.08. The Hall–Kier alpha value is -3.42. The van der Waals surface area contributed by atoms with Crippen molar-refractivity contribution in [1.82, 2.24) is 20.2 Å². The molecule has 1 unspecified atom stereocenters. The van der Waals surface area contributed by atoms with Crippen molar-refractivity contribution >= 4 is 41.0 Å². The predicted octanol–water partition coefficient (Wildman–Crippen LogP) is 6.35. The molecular formula is C27H27F3N6O2S2. The fourth-order valence-corrected chi connectivity index (χ4v) is 5.80. The third kappa shape index (κ3) is 6.31. The molecule has 1 aliphatic rings. The first-order valence-electron chi connectivity index (χ1n) is 12.4. The Morgan fingerprint density at radius 1 is 1.15 bits per heavy atom. The number of anilines is 3. The highest BCUT2D eigenvalue weighted by molar-refractivity contribution is 7.99. The molecule has 13 heteroatoms. The second-order valence-electron chi connectivity index (χ2n) is 9.09. The van der Waals surface area contributed by atoms with E-state index in [0.717, 1.165) is 23.5 Å². The van der Waals surface area contributed by atoms with Crippen LogP contribution < -0.4 is 15.0 Å². The van der Waals surface area contributed by atoms with Crippen molar-refractivity contribution in [3.8, 4) is 5.75 Å². The van der Waals surface area contributed by atoms with Crippen LogP contribution in [-0.4, -0.2) is 53.1 Å². The molecule has 1 atom stereocenters. The highest BCUT2D eigenvalue weighted by Crippen LogP contribution is 2.40. The number of aryl methyl sites for hydroxylation is 1. The van der Waals surface area contributed by atoms with Gasteiger partial charge in [0.2, 0.25) is 5.75 Å². The molecule has 1 aliphatic heterocycles. The van der Waals surface area contributed by atoms with E-state index in [1.54, 1.807) is 19.2 Å². The van der Waals surface area contributed by atoms with Crippen LogP contribution in [0.5, 0.6) is 5.75 Å². The number of hydrogen-bond acceptors (Lipinski definition) is 9. The van der Waals surface area contributed by atoms with Gasteiger partial charge in [0.25, 0.3) is 0 Å². The summed E-state index contributed by atoms with van der Waals surface area (Å²) < 4.78 is 54.1. The standard InChI is InChI=1S/C27H27F3N6O2S2/c1-15-11-22(35-34-15)31-25-24(37-3)26(36-9-10-38-13-16(36)2)33-27(32-25)40-21-8-7-18(12-20(21)29)39-14-17-5-4-6-19(28)23(17)30/h4-8,11-12,16H,9-10,13-14H2,1-3H3,(H2,31,32,33,34,35). The number of H-pyrrole nitrogens is 1. The topological polar surface area (TPSA) is 88.2 Å². The molecule has 0 amide bonds. The van der Waals surface area contributed by atoms with E-state index in [4.69, 9.17) is 14.5 Å². The molecule has 40 heavy (non-hydrogen) atoms. The molecule has 2 aromatic carbocycles. The first-order chi connectivity index (χ1) is 19.3. The number of aromatic nitrogens is 4. The Morgan fingerprint density at radius 3 is 2.73 bits per heavy atom. The molecule has 2 N–H and O–H groups in total. The normalized spacial score (nSPS) is 15.3. The average molecular weight is 589 g/mol. The Bertz CT molecular complexity index is 1510. The van der Waals surface area contributed by atoms with Crippen molar-refractivity contribution in [1.29, 1.82) is 0 Å². The lowest BCUT2D eigenvalue weighted by Crippen LogP contribution is -2.44. The summed E-state index contributed by atoms with van der Waals surface area (Å²) in [6.45, 7) is 5.59. The maximum Gasteiger partial charge on any atom is 0.204 e. The molecule has 2 aromatic heterocycles. The zero-order valence-electron chi connectivity index (χ0n) is 22.0. The summed E-state index contributed by atoms with van der Waals surface area (Å²) in [7, 11) is 1.55. The highest BCUT2D eigenvalue weighted by Gasteiger charge is 2.27. The number of rotatable bonds is 9. The maximum atomic E-state index is 15.2. The van der Waals surface area contributed by atoms with Gasteiger partial charge in [0.1, 0.15) is 5.82 Å². The van der Waals surface area contributed by atoms with Crippen molar-refractivity contribution in [2.24, 2.45) is 0 Å². The average Bonchev–Trinajstić information content (AvgIpc) is 3.35. The van der Waals surface area contributed by atoms with E-state index >= 15 is 4.39 Å². The number of thioether (sulfide) groups is 1. The van der Waals surface area contributed by atoms with E-state index < -0.39 is 17.5 Å². The van der Waals surface area contributed by atoms with Gasteiger partial charge in [-0.05, 0) is 49.9 Å². The Morgan fingerprint density at radius 2 is 2.00 bits per heavy atom. The van der Waals surface area contributed by atoms with E-state index in [1.807, 2.05) is 19.9 Å². The van der Waals surface area contributed by atoms with E-state index in [-0.39, 0.29) is 17.4 Å². The van der Waals surface area contributed by atoms with Gasteiger partial charge in [0, 0.05) is 34.5 Å². The first-order valence-corrected chi connectivity index (χ1v) is 14.2. The number of ether oxygens (including phenoxy) is 2. The zero-order chi connectivity index (χ0) is 28.2. The molecule has 4 aromatic rings. The zero-order valence-corrected chi connectivity index (χ0v) is 23.6. The first kappa shape index (κ1) is 28.1. The summed E-state index contributed by atoms with van der Waals surface area (Å²) in [4.78, 5) is 12.4. The number of methoxy groups -OCH3 is 1. The number of benzene rings is 2. The number of nitrogens with one attached hydrogen (secondary N) is 2. The molecule has 210 valence electrons. The minimum atomic E-state index is -0.905. The summed E-state index contributed by atoms with van der Waals surface area (Å²) in [5, 5.41) is 10.6. The van der Waals surface area contributed by atoms with Gasteiger partial charge < -0.3 is 19.7 Å². The molecule has 0 spiro atoms. The van der Waals surface area contributed by atoms with Gasteiger partial charge in [-0.15, -0.1) is 11.8 Å². The van der Waals surface area contributed by atoms with Gasteiger partial charge in [-0.3, -0.25) is 5.10 Å². The molecule has 0 bridgehead atoms. The number of nitrogens with zero attached hydrogens (tertiary/aromatic N) is 4. The fourth-order valence-electron chi connectivity index (χ4n) is 4.15. The van der Waals surface area contributed by atoms with Gasteiger partial charge in [-0.2, -0.15) is 5.10 Å². The third-order valence-corrected chi connectivity index (χ3v) is 8.11. The van der Waals surface area contributed by atoms with Gasteiger partial charge in [-0.25, -0.2) is 23.1 Å². The van der Waals surface area contributed by atoms with Crippen LogP contribution in [0.2, 0.25) is 0 Å². The van der Waals surface area contributed by atoms with E-state index in [0.29, 0.717) is 57.9 Å². The molecule has 8 nitrogen and oxygen atoms in total. The lowest BCUT2D eigenvalue weighted by atomic mass is 10.2. The lowest BCUT2D eigenvalue weighted by Gasteiger charge is -2.35. The molecule has 0 radical (unpaired) electrons. The molecule has 0 aliphatic carbocycles. The second kappa shape index (κ2) is 12.4. The van der Waals surface area contributed by atoms with E-state index in [9.17, 15) is 8.78 Å². The van der Waals surface area contributed by atoms with Crippen LogP contribution in [0.15, 0.2) is 57.4 Å². The van der Waals surface area contributed by atoms with Gasteiger partial charge in [-0.1, -0.05) is 12.1 Å². The third-order valence-electron chi connectivity index (χ3n) is 6.15. The van der Waals surface area contributed by atoms with Crippen molar-refractivity contribution in [2.45, 2.75) is 40.6 Å². The Labute approximate surface area is 238 Å². The van der Waals surface area contributed by atoms with E-state index in [1.165, 1.54) is 30.0 Å². The van der Waals surface area contributed by atoms with Crippen LogP contribution in [0, 0.1) is 24.4 Å². The van der Waals surface area contributed by atoms with E-state index in [2.05, 4.69) is 25.4 Å². The molecule has 1 saturated heterocycles. The molecule has 1 fully saturated rings. The lowest BCUT2D eigenvalue weighted by molar-refractivity contribution is 0.0981. The van der Waals surface area contributed by atoms with Crippen LogP contribution in [0.3, 0.4) is 0 Å². The summed E-state index contributed by atoms with van der Waals surface area (Å²) >= 11 is 2.29.